The molecule has 4 aromatic rings. The molecular weight excluding hydrogens is 371 g/mol. The Labute approximate surface area is 155 Å². The fraction of sp³-hybridized carbons (Fsp3) is 0. The Morgan fingerprint density at radius 2 is 1.28 bits per heavy atom. The zero-order chi connectivity index (χ0) is 17.1. The fourth-order valence-electron chi connectivity index (χ4n) is 2.80. The zero-order valence-electron chi connectivity index (χ0n) is 13.5. The van der Waals surface area contributed by atoms with E-state index in [0.29, 0.717) is 0 Å². The molecule has 3 heteroatoms. The average molecular weight is 386 g/mol. The van der Waals surface area contributed by atoms with Crippen molar-refractivity contribution in [2.75, 3.05) is 0 Å². The molecule has 0 bridgehead atoms. The molecule has 0 saturated carbocycles. The molecule has 2 heterocycles. The Bertz CT molecular complexity index is 1010. The molecule has 119 valence electrons. The summed E-state index contributed by atoms with van der Waals surface area (Å²) in [5, 5.41) is 0. The Kier molecular flexibility index (Phi) is 4.43. The van der Waals surface area contributed by atoms with Crippen molar-refractivity contribution in [2.24, 2.45) is 0 Å². The first-order chi connectivity index (χ1) is 12.3. The predicted molar refractivity (Wildman–Crippen MR) is 104 cm³/mol. The summed E-state index contributed by atoms with van der Waals surface area (Å²) in [5.74, 6) is 0. The van der Waals surface area contributed by atoms with Crippen molar-refractivity contribution in [3.8, 4) is 33.8 Å². The van der Waals surface area contributed by atoms with Crippen LogP contribution in [0.2, 0.25) is 0 Å². The number of rotatable bonds is 3. The summed E-state index contributed by atoms with van der Waals surface area (Å²) in [4.78, 5) is 9.30. The molecule has 0 aliphatic rings. The van der Waals surface area contributed by atoms with Crippen molar-refractivity contribution in [3.63, 3.8) is 0 Å². The van der Waals surface area contributed by atoms with Crippen LogP contribution in [-0.4, -0.2) is 26.0 Å². The van der Waals surface area contributed by atoms with Gasteiger partial charge >= 0.3 is 155 Å². The van der Waals surface area contributed by atoms with Crippen LogP contribution < -0.4 is 4.46 Å². The number of hydrogen-bond donors (Lipinski definition) is 0. The van der Waals surface area contributed by atoms with E-state index in [1.807, 2.05) is 48.7 Å². The number of pyridine rings is 2. The van der Waals surface area contributed by atoms with Gasteiger partial charge in [0.15, 0.2) is 0 Å². The van der Waals surface area contributed by atoms with E-state index in [4.69, 9.17) is 4.98 Å². The summed E-state index contributed by atoms with van der Waals surface area (Å²) >= 11 is 3.11. The van der Waals surface area contributed by atoms with Crippen molar-refractivity contribution >= 4 is 20.5 Å². The van der Waals surface area contributed by atoms with Crippen LogP contribution in [0.15, 0.2) is 91.1 Å². The molecule has 0 N–H and O–H groups in total. The molecule has 2 nitrogen and oxygen atoms in total. The standard InChI is InChI=1S/C22H15N2Se/c25-22-13-2-1-9-18(22)21-12-6-11-20(24-21)17-8-5-7-16(15-17)19-10-3-4-14-23-19/h1-15H. The molecule has 0 fully saturated rings. The summed E-state index contributed by atoms with van der Waals surface area (Å²) in [7, 11) is 0. The molecule has 2 aromatic carbocycles. The topological polar surface area (TPSA) is 25.8 Å². The number of nitrogens with zero attached hydrogens (tertiary/aromatic N) is 2. The van der Waals surface area contributed by atoms with E-state index in [2.05, 4.69) is 63.5 Å². The molecule has 4 rings (SSSR count). The molecular formula is C22H15N2Se. The molecule has 0 saturated heterocycles. The number of aromatic nitrogens is 2. The minimum atomic E-state index is 0.957. The Hall–Kier alpha value is -2.74. The van der Waals surface area contributed by atoms with Crippen LogP contribution in [0.3, 0.4) is 0 Å². The molecule has 0 atom stereocenters. The molecule has 0 spiro atoms. The molecule has 0 amide bonds. The van der Waals surface area contributed by atoms with Crippen LogP contribution in [0.25, 0.3) is 33.8 Å². The Morgan fingerprint density at radius 3 is 2.08 bits per heavy atom. The molecule has 1 radical (unpaired) electrons. The first-order valence-corrected chi connectivity index (χ1v) is 8.92. The molecule has 2 aromatic heterocycles. The van der Waals surface area contributed by atoms with Gasteiger partial charge in [0, 0.05) is 0 Å². The third kappa shape index (κ3) is 3.39. The van der Waals surface area contributed by atoms with Gasteiger partial charge in [-0.1, -0.05) is 0 Å². The van der Waals surface area contributed by atoms with E-state index >= 15 is 0 Å². The van der Waals surface area contributed by atoms with Crippen LogP contribution in [0.4, 0.5) is 0 Å². The molecule has 0 unspecified atom stereocenters. The zero-order valence-corrected chi connectivity index (χ0v) is 15.2. The Balaban J connectivity index is 1.76. The fourth-order valence-corrected chi connectivity index (χ4v) is 3.32. The first kappa shape index (κ1) is 15.8. The quantitative estimate of drug-likeness (QED) is 0.492. The van der Waals surface area contributed by atoms with Crippen LogP contribution in [0.1, 0.15) is 0 Å². The summed E-state index contributed by atoms with van der Waals surface area (Å²) in [6.45, 7) is 0. The summed E-state index contributed by atoms with van der Waals surface area (Å²) in [6.07, 6.45) is 1.82. The predicted octanol–water partition coefficient (Wildman–Crippen LogP) is 4.27. The van der Waals surface area contributed by atoms with Gasteiger partial charge in [-0.15, -0.1) is 0 Å². The van der Waals surface area contributed by atoms with E-state index in [0.717, 1.165) is 38.2 Å². The molecule has 0 aliphatic carbocycles. The van der Waals surface area contributed by atoms with Gasteiger partial charge in [0.2, 0.25) is 0 Å². The van der Waals surface area contributed by atoms with Crippen molar-refractivity contribution in [1.29, 1.82) is 0 Å². The third-order valence-corrected chi connectivity index (χ3v) is 4.78. The van der Waals surface area contributed by atoms with Crippen molar-refractivity contribution in [2.45, 2.75) is 0 Å². The second kappa shape index (κ2) is 7.02. The van der Waals surface area contributed by atoms with Crippen LogP contribution in [-0.2, 0) is 0 Å². The van der Waals surface area contributed by atoms with Gasteiger partial charge in [-0.05, 0) is 0 Å². The second-order valence-corrected chi connectivity index (χ2v) is 6.62. The Morgan fingerprint density at radius 1 is 0.600 bits per heavy atom. The minimum absolute atomic E-state index is 0.957. The summed E-state index contributed by atoms with van der Waals surface area (Å²) < 4.78 is 1.11. The summed E-state index contributed by atoms with van der Waals surface area (Å²) in [5.41, 5.74) is 6.19. The van der Waals surface area contributed by atoms with Gasteiger partial charge in [-0.2, -0.15) is 0 Å². The van der Waals surface area contributed by atoms with E-state index in [9.17, 15) is 0 Å². The van der Waals surface area contributed by atoms with Gasteiger partial charge in [0.05, 0.1) is 0 Å². The third-order valence-electron chi connectivity index (χ3n) is 4.03. The van der Waals surface area contributed by atoms with Gasteiger partial charge in [0.25, 0.3) is 0 Å². The monoisotopic (exact) mass is 387 g/mol. The van der Waals surface area contributed by atoms with Crippen LogP contribution in [0, 0.1) is 0 Å². The maximum atomic E-state index is 4.87. The van der Waals surface area contributed by atoms with E-state index in [-0.39, 0.29) is 0 Å². The number of hydrogen-bond acceptors (Lipinski definition) is 2. The van der Waals surface area contributed by atoms with Crippen molar-refractivity contribution < 1.29 is 0 Å². The maximum absolute atomic E-state index is 4.87. The van der Waals surface area contributed by atoms with Crippen molar-refractivity contribution in [1.82, 2.24) is 9.97 Å². The van der Waals surface area contributed by atoms with Gasteiger partial charge < -0.3 is 0 Å². The van der Waals surface area contributed by atoms with Crippen LogP contribution in [0.5, 0.6) is 0 Å². The van der Waals surface area contributed by atoms with E-state index < -0.39 is 0 Å². The normalized spacial score (nSPS) is 10.6. The first-order valence-electron chi connectivity index (χ1n) is 8.06. The van der Waals surface area contributed by atoms with Crippen LogP contribution >= 0.6 is 0 Å². The molecule has 25 heavy (non-hydrogen) atoms. The van der Waals surface area contributed by atoms with Crippen molar-refractivity contribution in [3.05, 3.63) is 91.1 Å². The second-order valence-electron chi connectivity index (χ2n) is 5.70. The number of benzene rings is 2. The van der Waals surface area contributed by atoms with Gasteiger partial charge in [0.1, 0.15) is 0 Å². The SMILES string of the molecule is [Se]c1ccccc1-c1cccc(-c2cccc(-c3ccccn3)c2)n1. The summed E-state index contributed by atoms with van der Waals surface area (Å²) in [6, 6.07) is 28.6. The van der Waals surface area contributed by atoms with E-state index in [1.165, 1.54) is 0 Å². The van der Waals surface area contributed by atoms with Gasteiger partial charge in [-0.25, -0.2) is 0 Å². The van der Waals surface area contributed by atoms with Gasteiger partial charge in [-0.3, -0.25) is 0 Å². The average Bonchev–Trinajstić information content (AvgIpc) is 2.69. The van der Waals surface area contributed by atoms with E-state index in [1.54, 1.807) is 0 Å². The molecule has 0 aliphatic heterocycles.